The Bertz CT molecular complexity index is 566. The van der Waals surface area contributed by atoms with Crippen molar-refractivity contribution in [2.24, 2.45) is 0 Å². The summed E-state index contributed by atoms with van der Waals surface area (Å²) in [6.07, 6.45) is 4.05. The molecule has 2 aromatic rings. The number of ether oxygens (including phenoxy) is 1. The van der Waals surface area contributed by atoms with Gasteiger partial charge in [0.15, 0.2) is 5.82 Å². The molecular formula is C14H18N4O2. The van der Waals surface area contributed by atoms with Crippen LogP contribution in [0, 0.1) is 6.92 Å². The van der Waals surface area contributed by atoms with Gasteiger partial charge in [0.2, 0.25) is 0 Å². The van der Waals surface area contributed by atoms with Crippen molar-refractivity contribution in [3.8, 4) is 5.82 Å². The Morgan fingerprint density at radius 3 is 3.00 bits per heavy atom. The van der Waals surface area contributed by atoms with E-state index >= 15 is 0 Å². The Hall–Kier alpha value is -2.21. The van der Waals surface area contributed by atoms with Crippen molar-refractivity contribution in [1.82, 2.24) is 20.1 Å². The molecule has 20 heavy (non-hydrogen) atoms. The van der Waals surface area contributed by atoms with Crippen LogP contribution in [0.3, 0.4) is 0 Å². The van der Waals surface area contributed by atoms with Crippen molar-refractivity contribution in [3.05, 3.63) is 41.9 Å². The first-order valence-corrected chi connectivity index (χ1v) is 6.47. The zero-order valence-electron chi connectivity index (χ0n) is 11.7. The summed E-state index contributed by atoms with van der Waals surface area (Å²) in [5.41, 5.74) is 1.33. The maximum atomic E-state index is 12.0. The molecule has 6 heteroatoms. The summed E-state index contributed by atoms with van der Waals surface area (Å²) < 4.78 is 6.60. The lowest BCUT2D eigenvalue weighted by molar-refractivity contribution is 0.0948. The van der Waals surface area contributed by atoms with Gasteiger partial charge in [0.1, 0.15) is 0 Å². The summed E-state index contributed by atoms with van der Waals surface area (Å²) in [5, 5.41) is 7.07. The number of carbonyl (C=O) groups excluding carboxylic acids is 1. The third kappa shape index (κ3) is 3.21. The fraction of sp³-hybridized carbons (Fsp3) is 0.357. The molecule has 106 valence electrons. The summed E-state index contributed by atoms with van der Waals surface area (Å²) >= 11 is 0. The van der Waals surface area contributed by atoms with Crippen LogP contribution in [-0.2, 0) is 4.74 Å². The predicted molar refractivity (Wildman–Crippen MR) is 74.9 cm³/mol. The Morgan fingerprint density at radius 2 is 2.30 bits per heavy atom. The van der Waals surface area contributed by atoms with E-state index in [4.69, 9.17) is 4.74 Å². The number of pyridine rings is 1. The maximum Gasteiger partial charge on any atom is 0.254 e. The van der Waals surface area contributed by atoms with Crippen LogP contribution in [-0.4, -0.2) is 40.9 Å². The molecule has 2 aromatic heterocycles. The number of hydrogen-bond acceptors (Lipinski definition) is 4. The van der Waals surface area contributed by atoms with Crippen LogP contribution in [0.1, 0.15) is 22.5 Å². The highest BCUT2D eigenvalue weighted by molar-refractivity contribution is 5.95. The van der Waals surface area contributed by atoms with Gasteiger partial charge in [0, 0.05) is 26.5 Å². The van der Waals surface area contributed by atoms with Gasteiger partial charge in [-0.3, -0.25) is 4.79 Å². The minimum absolute atomic E-state index is 0.124. The molecule has 1 N–H and O–H groups in total. The van der Waals surface area contributed by atoms with Crippen molar-refractivity contribution in [3.63, 3.8) is 0 Å². The molecular weight excluding hydrogens is 256 g/mol. The van der Waals surface area contributed by atoms with E-state index in [-0.39, 0.29) is 5.91 Å². The van der Waals surface area contributed by atoms with Gasteiger partial charge in [0.05, 0.1) is 17.5 Å². The minimum atomic E-state index is -0.124. The zero-order chi connectivity index (χ0) is 14.4. The van der Waals surface area contributed by atoms with E-state index in [1.54, 1.807) is 24.2 Å². The summed E-state index contributed by atoms with van der Waals surface area (Å²) in [6, 6.07) is 5.57. The largest absolute Gasteiger partial charge is 0.385 e. The Kier molecular flexibility index (Phi) is 4.84. The van der Waals surface area contributed by atoms with Crippen molar-refractivity contribution in [2.45, 2.75) is 13.3 Å². The highest BCUT2D eigenvalue weighted by atomic mass is 16.5. The molecule has 0 radical (unpaired) electrons. The second-order valence-corrected chi connectivity index (χ2v) is 4.35. The monoisotopic (exact) mass is 274 g/mol. The van der Waals surface area contributed by atoms with Crippen LogP contribution in [0.15, 0.2) is 30.6 Å². The molecule has 0 bridgehead atoms. The van der Waals surface area contributed by atoms with Gasteiger partial charge in [-0.1, -0.05) is 6.07 Å². The second kappa shape index (κ2) is 6.81. The van der Waals surface area contributed by atoms with Crippen LogP contribution in [0.5, 0.6) is 0 Å². The summed E-state index contributed by atoms with van der Waals surface area (Å²) in [5.74, 6) is 0.573. The lowest BCUT2D eigenvalue weighted by atomic mass is 10.2. The first-order valence-electron chi connectivity index (χ1n) is 6.47. The standard InChI is InChI=1S/C14H18N4O2/c1-11-12(14(19)16-8-5-9-20-2)10-17-18(11)13-6-3-4-7-15-13/h3-4,6-7,10H,5,8-9H2,1-2H3,(H,16,19). The molecule has 0 saturated carbocycles. The predicted octanol–water partition coefficient (Wildman–Crippen LogP) is 1.34. The van der Waals surface area contributed by atoms with E-state index < -0.39 is 0 Å². The van der Waals surface area contributed by atoms with Crippen molar-refractivity contribution >= 4 is 5.91 Å². The Labute approximate surface area is 117 Å². The highest BCUT2D eigenvalue weighted by Gasteiger charge is 2.14. The summed E-state index contributed by atoms with van der Waals surface area (Å²) in [6.45, 7) is 3.07. The van der Waals surface area contributed by atoms with Crippen molar-refractivity contribution < 1.29 is 9.53 Å². The van der Waals surface area contributed by atoms with Gasteiger partial charge in [0.25, 0.3) is 5.91 Å². The minimum Gasteiger partial charge on any atom is -0.385 e. The smallest absolute Gasteiger partial charge is 0.254 e. The van der Waals surface area contributed by atoms with E-state index in [1.807, 2.05) is 25.1 Å². The van der Waals surface area contributed by atoms with Crippen LogP contribution < -0.4 is 5.32 Å². The molecule has 6 nitrogen and oxygen atoms in total. The molecule has 2 rings (SSSR count). The average Bonchev–Trinajstić information content (AvgIpc) is 2.86. The quantitative estimate of drug-likeness (QED) is 0.807. The Morgan fingerprint density at radius 1 is 1.45 bits per heavy atom. The molecule has 0 atom stereocenters. The van der Waals surface area contributed by atoms with E-state index in [9.17, 15) is 4.79 Å². The topological polar surface area (TPSA) is 69.0 Å². The van der Waals surface area contributed by atoms with E-state index in [0.29, 0.717) is 24.5 Å². The van der Waals surface area contributed by atoms with Crippen LogP contribution >= 0.6 is 0 Å². The molecule has 0 aromatic carbocycles. The van der Waals surface area contributed by atoms with Gasteiger partial charge in [-0.2, -0.15) is 5.10 Å². The van der Waals surface area contributed by atoms with E-state index in [0.717, 1.165) is 12.1 Å². The maximum absolute atomic E-state index is 12.0. The fourth-order valence-corrected chi connectivity index (χ4v) is 1.86. The molecule has 1 amide bonds. The molecule has 2 heterocycles. The molecule has 0 spiro atoms. The van der Waals surface area contributed by atoms with Gasteiger partial charge < -0.3 is 10.1 Å². The summed E-state index contributed by atoms with van der Waals surface area (Å²) in [4.78, 5) is 16.3. The average molecular weight is 274 g/mol. The molecule has 0 aliphatic rings. The van der Waals surface area contributed by atoms with Crippen LogP contribution in [0.4, 0.5) is 0 Å². The molecule has 0 unspecified atom stereocenters. The number of rotatable bonds is 6. The van der Waals surface area contributed by atoms with Gasteiger partial charge in [-0.05, 0) is 25.5 Å². The fourth-order valence-electron chi connectivity index (χ4n) is 1.86. The van der Waals surface area contributed by atoms with Crippen molar-refractivity contribution in [1.29, 1.82) is 0 Å². The number of amides is 1. The van der Waals surface area contributed by atoms with Gasteiger partial charge >= 0.3 is 0 Å². The third-order valence-electron chi connectivity index (χ3n) is 2.93. The normalized spacial score (nSPS) is 10.5. The van der Waals surface area contributed by atoms with Crippen molar-refractivity contribution in [2.75, 3.05) is 20.3 Å². The number of methoxy groups -OCH3 is 1. The van der Waals surface area contributed by atoms with Crippen LogP contribution in [0.2, 0.25) is 0 Å². The lowest BCUT2D eigenvalue weighted by Gasteiger charge is -2.05. The SMILES string of the molecule is COCCCNC(=O)c1cnn(-c2ccccn2)c1C. The first-order chi connectivity index (χ1) is 9.74. The summed E-state index contributed by atoms with van der Waals surface area (Å²) in [7, 11) is 1.64. The van der Waals surface area contributed by atoms with E-state index in [2.05, 4.69) is 15.4 Å². The third-order valence-corrected chi connectivity index (χ3v) is 2.93. The highest BCUT2D eigenvalue weighted by Crippen LogP contribution is 2.11. The molecule has 0 fully saturated rings. The van der Waals surface area contributed by atoms with Gasteiger partial charge in [-0.25, -0.2) is 9.67 Å². The number of hydrogen-bond donors (Lipinski definition) is 1. The van der Waals surface area contributed by atoms with Crippen LogP contribution in [0.25, 0.3) is 5.82 Å². The number of carbonyl (C=O) groups is 1. The number of nitrogens with zero attached hydrogens (tertiary/aromatic N) is 3. The van der Waals surface area contributed by atoms with E-state index in [1.165, 1.54) is 0 Å². The Balaban J connectivity index is 2.07. The lowest BCUT2D eigenvalue weighted by Crippen LogP contribution is -2.25. The molecule has 0 aliphatic heterocycles. The number of aromatic nitrogens is 3. The first kappa shape index (κ1) is 14.2. The second-order valence-electron chi connectivity index (χ2n) is 4.35. The molecule has 0 aliphatic carbocycles. The number of nitrogens with one attached hydrogen (secondary N) is 1. The molecule has 0 saturated heterocycles. The zero-order valence-corrected chi connectivity index (χ0v) is 11.7. The van der Waals surface area contributed by atoms with Gasteiger partial charge in [-0.15, -0.1) is 0 Å².